The Bertz CT molecular complexity index is 1240. The van der Waals surface area contributed by atoms with E-state index in [1.807, 2.05) is 47.8 Å². The molecule has 0 spiro atoms. The Labute approximate surface area is 186 Å². The summed E-state index contributed by atoms with van der Waals surface area (Å²) in [6, 6.07) is 13.1. The van der Waals surface area contributed by atoms with Crippen LogP contribution in [0, 0.1) is 0 Å². The number of thioether (sulfide) groups is 1. The van der Waals surface area contributed by atoms with E-state index in [0.29, 0.717) is 12.2 Å². The summed E-state index contributed by atoms with van der Waals surface area (Å²) in [6.45, 7) is 0. The van der Waals surface area contributed by atoms with E-state index in [0.717, 1.165) is 32.3 Å². The van der Waals surface area contributed by atoms with Gasteiger partial charge in [-0.2, -0.15) is 5.10 Å². The summed E-state index contributed by atoms with van der Waals surface area (Å²) in [7, 11) is 1.63. The zero-order valence-electron chi connectivity index (χ0n) is 16.6. The quantitative estimate of drug-likeness (QED) is 0.311. The highest BCUT2D eigenvalue weighted by Crippen LogP contribution is 2.35. The largest absolute Gasteiger partial charge is 0.497 e. The minimum atomic E-state index is -0.271. The molecular formula is C22H18N4O3S2. The molecule has 0 radical (unpaired) electrons. The first-order valence-electron chi connectivity index (χ1n) is 9.61. The number of furan rings is 1. The van der Waals surface area contributed by atoms with Gasteiger partial charge in [-0.05, 0) is 53.4 Å². The Morgan fingerprint density at radius 1 is 1.26 bits per heavy atom. The maximum absolute atomic E-state index is 13.2. The van der Waals surface area contributed by atoms with E-state index in [1.165, 1.54) is 23.1 Å². The maximum atomic E-state index is 13.2. The average molecular weight is 451 g/mol. The predicted octanol–water partition coefficient (Wildman–Crippen LogP) is 4.76. The number of methoxy groups -OCH3 is 1. The van der Waals surface area contributed by atoms with Gasteiger partial charge in [0.2, 0.25) is 0 Å². The van der Waals surface area contributed by atoms with Crippen molar-refractivity contribution in [1.29, 1.82) is 0 Å². The Morgan fingerprint density at radius 3 is 2.90 bits per heavy atom. The highest BCUT2D eigenvalue weighted by molar-refractivity contribution is 8.00. The normalized spacial score (nSPS) is 16.0. The maximum Gasteiger partial charge on any atom is 0.253 e. The van der Waals surface area contributed by atoms with Gasteiger partial charge in [-0.15, -0.1) is 11.3 Å². The van der Waals surface area contributed by atoms with Crippen LogP contribution in [0.2, 0.25) is 0 Å². The molecule has 1 aromatic carbocycles. The number of hydrogen-bond donors (Lipinski definition) is 0. The van der Waals surface area contributed by atoms with Gasteiger partial charge in [0.05, 0.1) is 35.1 Å². The predicted molar refractivity (Wildman–Crippen MR) is 121 cm³/mol. The average Bonchev–Trinajstić information content (AvgIpc) is 3.57. The first kappa shape index (κ1) is 19.8. The second-order valence-electron chi connectivity index (χ2n) is 6.85. The molecule has 9 heteroatoms. The number of fused-ring (bicyclic) bond motifs is 1. The molecule has 4 heterocycles. The van der Waals surface area contributed by atoms with Crippen LogP contribution < -0.4 is 4.74 Å². The SMILES string of the molecule is COc1ccc(C2=NN(C(=O)CSc3ncnc4ccsc34)[C@@H](c3ccco3)C2)cc1. The second-order valence-corrected chi connectivity index (χ2v) is 8.73. The molecule has 1 atom stereocenters. The van der Waals surface area contributed by atoms with Gasteiger partial charge in [-0.3, -0.25) is 4.79 Å². The highest BCUT2D eigenvalue weighted by atomic mass is 32.2. The number of amides is 1. The molecule has 1 aliphatic heterocycles. The summed E-state index contributed by atoms with van der Waals surface area (Å²) in [6.07, 6.45) is 3.73. The molecular weight excluding hydrogens is 432 g/mol. The number of carbonyl (C=O) groups excluding carboxylic acids is 1. The lowest BCUT2D eigenvalue weighted by atomic mass is 10.0. The van der Waals surface area contributed by atoms with E-state index in [1.54, 1.807) is 24.7 Å². The molecule has 0 fully saturated rings. The number of benzene rings is 1. The monoisotopic (exact) mass is 450 g/mol. The molecule has 0 saturated heterocycles. The Morgan fingerprint density at radius 2 is 2.13 bits per heavy atom. The van der Waals surface area contributed by atoms with E-state index in [9.17, 15) is 4.79 Å². The first-order chi connectivity index (χ1) is 15.2. The van der Waals surface area contributed by atoms with Crippen LogP contribution in [0.5, 0.6) is 5.75 Å². The molecule has 31 heavy (non-hydrogen) atoms. The third kappa shape index (κ3) is 3.94. The topological polar surface area (TPSA) is 80.8 Å². The van der Waals surface area contributed by atoms with Crippen molar-refractivity contribution in [3.63, 3.8) is 0 Å². The van der Waals surface area contributed by atoms with Gasteiger partial charge in [-0.25, -0.2) is 15.0 Å². The standard InChI is InChI=1S/C22H18N4O3S2/c1-28-15-6-4-14(5-7-15)17-11-18(19-3-2-9-29-19)26(25-17)20(27)12-31-22-21-16(8-10-30-21)23-13-24-22/h2-10,13,18H,11-12H2,1H3/t18-/m1/s1. The van der Waals surface area contributed by atoms with Crippen molar-refractivity contribution in [3.8, 4) is 5.75 Å². The molecule has 0 bridgehead atoms. The summed E-state index contributed by atoms with van der Waals surface area (Å²) in [5, 5.41) is 8.99. The Balaban J connectivity index is 1.38. The van der Waals surface area contributed by atoms with Crippen molar-refractivity contribution < 1.29 is 13.9 Å². The molecule has 7 nitrogen and oxygen atoms in total. The molecule has 1 amide bonds. The van der Waals surface area contributed by atoms with Crippen molar-refractivity contribution >= 4 is 44.9 Å². The van der Waals surface area contributed by atoms with Crippen LogP contribution in [0.1, 0.15) is 23.8 Å². The molecule has 0 N–H and O–H groups in total. The van der Waals surface area contributed by atoms with Gasteiger partial charge < -0.3 is 9.15 Å². The lowest BCUT2D eigenvalue weighted by Gasteiger charge is -2.19. The zero-order valence-corrected chi connectivity index (χ0v) is 18.2. The van der Waals surface area contributed by atoms with Gasteiger partial charge in [0.1, 0.15) is 28.9 Å². The number of aromatic nitrogens is 2. The van der Waals surface area contributed by atoms with Gasteiger partial charge in [0.25, 0.3) is 5.91 Å². The van der Waals surface area contributed by atoms with Gasteiger partial charge in [0.15, 0.2) is 0 Å². The van der Waals surface area contributed by atoms with Crippen molar-refractivity contribution in [3.05, 3.63) is 71.8 Å². The number of carbonyl (C=O) groups is 1. The van der Waals surface area contributed by atoms with E-state index in [-0.39, 0.29) is 17.7 Å². The van der Waals surface area contributed by atoms with Gasteiger partial charge in [0, 0.05) is 6.42 Å². The van der Waals surface area contributed by atoms with E-state index in [2.05, 4.69) is 15.1 Å². The van der Waals surface area contributed by atoms with Crippen LogP contribution in [0.15, 0.2) is 75.0 Å². The van der Waals surface area contributed by atoms with Crippen LogP contribution in [0.4, 0.5) is 0 Å². The van der Waals surface area contributed by atoms with Crippen LogP contribution in [0.3, 0.4) is 0 Å². The summed E-state index contributed by atoms with van der Waals surface area (Å²) < 4.78 is 11.8. The summed E-state index contributed by atoms with van der Waals surface area (Å²) in [4.78, 5) is 21.8. The number of hydrogen-bond acceptors (Lipinski definition) is 8. The Hall–Kier alpha value is -3.17. The fourth-order valence-electron chi connectivity index (χ4n) is 3.47. The summed E-state index contributed by atoms with van der Waals surface area (Å²) in [5.41, 5.74) is 2.69. The third-order valence-electron chi connectivity index (χ3n) is 5.00. The molecule has 4 aromatic rings. The summed E-state index contributed by atoms with van der Waals surface area (Å²) in [5.74, 6) is 1.62. The van der Waals surface area contributed by atoms with Crippen LogP contribution in [-0.4, -0.2) is 39.5 Å². The molecule has 0 aliphatic carbocycles. The minimum absolute atomic E-state index is 0.0989. The number of rotatable bonds is 6. The molecule has 0 saturated carbocycles. The lowest BCUT2D eigenvalue weighted by molar-refractivity contribution is -0.130. The van der Waals surface area contributed by atoms with E-state index in [4.69, 9.17) is 9.15 Å². The zero-order chi connectivity index (χ0) is 21.2. The number of nitrogens with zero attached hydrogens (tertiary/aromatic N) is 4. The highest BCUT2D eigenvalue weighted by Gasteiger charge is 2.34. The van der Waals surface area contributed by atoms with Crippen molar-refractivity contribution in [2.75, 3.05) is 12.9 Å². The van der Waals surface area contributed by atoms with Crippen molar-refractivity contribution in [1.82, 2.24) is 15.0 Å². The molecule has 156 valence electrons. The fourth-order valence-corrected chi connectivity index (χ4v) is 5.27. The van der Waals surface area contributed by atoms with Crippen molar-refractivity contribution in [2.24, 2.45) is 5.10 Å². The Kier molecular flexibility index (Phi) is 5.44. The van der Waals surface area contributed by atoms with E-state index >= 15 is 0 Å². The smallest absolute Gasteiger partial charge is 0.253 e. The molecule has 0 unspecified atom stereocenters. The molecule has 3 aromatic heterocycles. The first-order valence-corrected chi connectivity index (χ1v) is 11.5. The second kappa shape index (κ2) is 8.52. The molecule has 1 aliphatic rings. The number of ether oxygens (including phenoxy) is 1. The van der Waals surface area contributed by atoms with Crippen LogP contribution in [0.25, 0.3) is 10.2 Å². The number of thiophene rings is 1. The van der Waals surface area contributed by atoms with Crippen LogP contribution >= 0.6 is 23.1 Å². The number of hydrazone groups is 1. The fraction of sp³-hybridized carbons (Fsp3) is 0.182. The lowest BCUT2D eigenvalue weighted by Crippen LogP contribution is -2.28. The van der Waals surface area contributed by atoms with E-state index < -0.39 is 0 Å². The van der Waals surface area contributed by atoms with Gasteiger partial charge >= 0.3 is 0 Å². The summed E-state index contributed by atoms with van der Waals surface area (Å²) >= 11 is 2.98. The minimum Gasteiger partial charge on any atom is -0.497 e. The van der Waals surface area contributed by atoms with Gasteiger partial charge in [-0.1, -0.05) is 11.8 Å². The third-order valence-corrected chi connectivity index (χ3v) is 7.02. The van der Waals surface area contributed by atoms with Crippen molar-refractivity contribution in [2.45, 2.75) is 17.5 Å². The molecule has 5 rings (SSSR count). The van der Waals surface area contributed by atoms with Crippen LogP contribution in [-0.2, 0) is 4.79 Å².